The zero-order chi connectivity index (χ0) is 33.8. The van der Waals surface area contributed by atoms with Crippen molar-refractivity contribution in [2.24, 2.45) is 11.3 Å². The van der Waals surface area contributed by atoms with Crippen LogP contribution in [0.1, 0.15) is 63.4 Å². The molecule has 0 aromatic heterocycles. The van der Waals surface area contributed by atoms with Crippen LogP contribution in [0.15, 0.2) is 55.6 Å². The topological polar surface area (TPSA) is 129 Å². The number of carbonyl (C=O) groups is 5. The fourth-order valence-electron chi connectivity index (χ4n) is 6.91. The summed E-state index contributed by atoms with van der Waals surface area (Å²) in [6, 6.07) is 8.46. The van der Waals surface area contributed by atoms with Crippen molar-refractivity contribution in [1.82, 2.24) is 9.80 Å². The van der Waals surface area contributed by atoms with Gasteiger partial charge in [0.15, 0.2) is 0 Å². The molecule has 3 fully saturated rings. The Morgan fingerprint density at radius 1 is 1.00 bits per heavy atom. The van der Waals surface area contributed by atoms with Crippen LogP contribution in [0.4, 0.5) is 0 Å². The van der Waals surface area contributed by atoms with Crippen molar-refractivity contribution in [3.05, 3.63) is 61.2 Å². The third kappa shape index (κ3) is 9.16. The summed E-state index contributed by atoms with van der Waals surface area (Å²) in [7, 11) is 1.38. The molecule has 256 valence electrons. The molecular weight excluding hydrogens is 604 g/mol. The molecule has 0 spiro atoms. The van der Waals surface area contributed by atoms with Crippen LogP contribution < -0.4 is 0 Å². The van der Waals surface area contributed by atoms with Crippen LogP contribution in [0.3, 0.4) is 0 Å². The van der Waals surface area contributed by atoms with Crippen LogP contribution in [0.5, 0.6) is 0 Å². The van der Waals surface area contributed by atoms with Gasteiger partial charge in [0, 0.05) is 13.7 Å². The number of allylic oxidation sites excluding steroid dienone is 2. The van der Waals surface area contributed by atoms with E-state index in [4.69, 9.17) is 18.9 Å². The SMILES string of the molecule is C=CCC(CC=C)C(=O)OCC(CN1CC2CCCC(C1=O)N2C(=O)C(=O)C1(COC(=O)COC)CCCC1)OCc1ccccc1. The summed E-state index contributed by atoms with van der Waals surface area (Å²) in [5.41, 5.74) is -0.157. The van der Waals surface area contributed by atoms with Crippen LogP contribution in [-0.2, 0) is 49.5 Å². The van der Waals surface area contributed by atoms with E-state index in [1.165, 1.54) is 12.0 Å². The molecule has 1 aliphatic carbocycles. The van der Waals surface area contributed by atoms with Gasteiger partial charge in [0.1, 0.15) is 32.0 Å². The number of nitrogens with zero attached hydrogens (tertiary/aromatic N) is 2. The Hall–Kier alpha value is -3.83. The summed E-state index contributed by atoms with van der Waals surface area (Å²) < 4.78 is 22.1. The molecule has 11 nitrogen and oxygen atoms in total. The van der Waals surface area contributed by atoms with E-state index in [0.29, 0.717) is 38.5 Å². The maximum absolute atomic E-state index is 13.9. The maximum atomic E-state index is 13.9. The Morgan fingerprint density at radius 3 is 2.36 bits per heavy atom. The van der Waals surface area contributed by atoms with E-state index in [-0.39, 0.29) is 57.4 Å². The molecule has 3 aliphatic rings. The van der Waals surface area contributed by atoms with Gasteiger partial charge < -0.3 is 28.7 Å². The second-order valence-electron chi connectivity index (χ2n) is 12.8. The molecule has 0 N–H and O–H groups in total. The molecule has 2 heterocycles. The predicted molar refractivity (Wildman–Crippen MR) is 173 cm³/mol. The predicted octanol–water partition coefficient (Wildman–Crippen LogP) is 3.79. The minimum atomic E-state index is -1.09. The molecular formula is C36H48N2O9. The summed E-state index contributed by atoms with van der Waals surface area (Å²) in [6.07, 6.45) is 7.85. The maximum Gasteiger partial charge on any atom is 0.332 e. The highest BCUT2D eigenvalue weighted by molar-refractivity contribution is 6.38. The first-order chi connectivity index (χ1) is 22.7. The number of piperazine rings is 1. The van der Waals surface area contributed by atoms with Crippen molar-refractivity contribution < 1.29 is 42.9 Å². The lowest BCUT2D eigenvalue weighted by Gasteiger charge is -2.50. The van der Waals surface area contributed by atoms with Crippen molar-refractivity contribution in [3.8, 4) is 0 Å². The van der Waals surface area contributed by atoms with Gasteiger partial charge in [-0.1, -0.05) is 55.3 Å². The molecule has 11 heteroatoms. The first-order valence-electron chi connectivity index (χ1n) is 16.6. The van der Waals surface area contributed by atoms with Crippen LogP contribution in [0.2, 0.25) is 0 Å². The molecule has 3 atom stereocenters. The molecule has 0 radical (unpaired) electrons. The molecule has 47 heavy (non-hydrogen) atoms. The number of ketones is 1. The van der Waals surface area contributed by atoms with Gasteiger partial charge in [0.2, 0.25) is 11.7 Å². The highest BCUT2D eigenvalue weighted by Gasteiger charge is 2.52. The Labute approximate surface area is 277 Å². The van der Waals surface area contributed by atoms with Gasteiger partial charge in [-0.15, -0.1) is 13.2 Å². The van der Waals surface area contributed by atoms with E-state index in [9.17, 15) is 24.0 Å². The number of benzene rings is 1. The highest BCUT2D eigenvalue weighted by atomic mass is 16.6. The van der Waals surface area contributed by atoms with Gasteiger partial charge in [0.25, 0.3) is 5.91 Å². The zero-order valence-electron chi connectivity index (χ0n) is 27.4. The van der Waals surface area contributed by atoms with E-state index >= 15 is 0 Å². The number of fused-ring (bicyclic) bond motifs is 2. The van der Waals surface area contributed by atoms with E-state index in [1.807, 2.05) is 30.3 Å². The number of ether oxygens (including phenoxy) is 4. The smallest absolute Gasteiger partial charge is 0.332 e. The lowest BCUT2D eigenvalue weighted by Crippen LogP contribution is -2.67. The van der Waals surface area contributed by atoms with Gasteiger partial charge in [0.05, 0.1) is 30.5 Å². The highest BCUT2D eigenvalue weighted by Crippen LogP contribution is 2.41. The van der Waals surface area contributed by atoms with Crippen LogP contribution >= 0.6 is 0 Å². The molecule has 2 aliphatic heterocycles. The Morgan fingerprint density at radius 2 is 1.70 bits per heavy atom. The number of piperidine rings is 1. The molecule has 2 saturated heterocycles. The molecule has 2 amide bonds. The second-order valence-corrected chi connectivity index (χ2v) is 12.8. The van der Waals surface area contributed by atoms with Gasteiger partial charge in [-0.3, -0.25) is 19.2 Å². The first kappa shape index (κ1) is 36.0. The monoisotopic (exact) mass is 652 g/mol. The third-order valence-corrected chi connectivity index (χ3v) is 9.41. The van der Waals surface area contributed by atoms with Gasteiger partial charge in [-0.2, -0.15) is 0 Å². The number of hydrogen-bond acceptors (Lipinski definition) is 9. The number of Topliss-reactive ketones (excluding diaryl/α,β-unsaturated/α-hetero) is 1. The van der Waals surface area contributed by atoms with Gasteiger partial charge in [-0.05, 0) is 50.5 Å². The van der Waals surface area contributed by atoms with Crippen molar-refractivity contribution >= 4 is 29.5 Å². The minimum absolute atomic E-state index is 0.0546. The normalized spacial score (nSPS) is 20.9. The zero-order valence-corrected chi connectivity index (χ0v) is 27.4. The van der Waals surface area contributed by atoms with Crippen LogP contribution in [0, 0.1) is 11.3 Å². The standard InChI is InChI=1S/C36H48N2O9/c1-4-12-27(13-5-2)35(43)46-23-29(45-22-26-14-7-6-8-15-26)21-37-20-28-16-11-17-30(33(37)41)38(28)34(42)32(40)36(18-9-10-19-36)25-47-31(39)24-44-3/h4-8,14-15,27-30H,1-2,9-13,16-25H2,3H3. The average Bonchev–Trinajstić information content (AvgIpc) is 3.57. The fourth-order valence-corrected chi connectivity index (χ4v) is 6.91. The second kappa shape index (κ2) is 17.4. The number of esters is 2. The average molecular weight is 653 g/mol. The molecule has 4 rings (SSSR count). The van der Waals surface area contributed by atoms with Gasteiger partial charge >= 0.3 is 11.9 Å². The Bertz CT molecular complexity index is 1270. The minimum Gasteiger partial charge on any atom is -0.463 e. The first-order valence-corrected chi connectivity index (χ1v) is 16.6. The summed E-state index contributed by atoms with van der Waals surface area (Å²) in [5, 5.41) is 0. The molecule has 3 unspecified atom stereocenters. The Balaban J connectivity index is 1.46. The third-order valence-electron chi connectivity index (χ3n) is 9.41. The summed E-state index contributed by atoms with van der Waals surface area (Å²) in [6.45, 7) is 7.65. The molecule has 1 aromatic rings. The number of hydrogen-bond donors (Lipinski definition) is 0. The van der Waals surface area contributed by atoms with E-state index < -0.39 is 41.1 Å². The molecule has 1 saturated carbocycles. The van der Waals surface area contributed by atoms with Crippen molar-refractivity contribution in [2.75, 3.05) is 40.0 Å². The van der Waals surface area contributed by atoms with Crippen molar-refractivity contribution in [3.63, 3.8) is 0 Å². The number of methoxy groups -OCH3 is 1. The fraction of sp³-hybridized carbons (Fsp3) is 0.583. The number of likely N-dealkylation sites (tertiary alicyclic amines) is 1. The van der Waals surface area contributed by atoms with Crippen LogP contribution in [-0.4, -0.2) is 97.5 Å². The quantitative estimate of drug-likeness (QED) is 0.132. The number of carbonyl (C=O) groups excluding carboxylic acids is 5. The molecule has 1 aromatic carbocycles. The lowest BCUT2D eigenvalue weighted by molar-refractivity contribution is -0.169. The lowest BCUT2D eigenvalue weighted by atomic mass is 9.80. The summed E-state index contributed by atoms with van der Waals surface area (Å²) in [4.78, 5) is 69.7. The van der Waals surface area contributed by atoms with Crippen LogP contribution in [0.25, 0.3) is 0 Å². The van der Waals surface area contributed by atoms with E-state index in [1.54, 1.807) is 17.1 Å². The number of amides is 2. The van der Waals surface area contributed by atoms with Gasteiger partial charge in [-0.25, -0.2) is 4.79 Å². The molecule has 2 bridgehead atoms. The van der Waals surface area contributed by atoms with E-state index in [0.717, 1.165) is 24.8 Å². The van der Waals surface area contributed by atoms with E-state index in [2.05, 4.69) is 13.2 Å². The Kier molecular flexibility index (Phi) is 13.3. The summed E-state index contributed by atoms with van der Waals surface area (Å²) >= 11 is 0. The largest absolute Gasteiger partial charge is 0.463 e. The van der Waals surface area contributed by atoms with Crippen molar-refractivity contribution in [1.29, 1.82) is 0 Å². The van der Waals surface area contributed by atoms with Crippen molar-refractivity contribution in [2.45, 2.75) is 82.6 Å². The summed E-state index contributed by atoms with van der Waals surface area (Å²) in [5.74, 6) is -2.92. The number of rotatable bonds is 18.